The predicted octanol–water partition coefficient (Wildman–Crippen LogP) is 2.24. The Morgan fingerprint density at radius 2 is 2.00 bits per heavy atom. The number of halogens is 1. The number of aliphatic hydroxyl groups excluding tert-OH is 1. The highest BCUT2D eigenvalue weighted by Crippen LogP contribution is 2.12. The summed E-state index contributed by atoms with van der Waals surface area (Å²) in [6, 6.07) is 7.71. The van der Waals surface area contributed by atoms with Gasteiger partial charge in [0, 0.05) is 18.7 Å². The first-order valence-corrected chi connectivity index (χ1v) is 5.41. The van der Waals surface area contributed by atoms with Crippen molar-refractivity contribution in [3.05, 3.63) is 59.8 Å². The van der Waals surface area contributed by atoms with Crippen LogP contribution in [0.3, 0.4) is 0 Å². The Bertz CT molecular complexity index is 439. The summed E-state index contributed by atoms with van der Waals surface area (Å²) in [5.41, 5.74) is 1.72. The maximum absolute atomic E-state index is 12.7. The van der Waals surface area contributed by atoms with Crippen LogP contribution in [0.1, 0.15) is 17.2 Å². The van der Waals surface area contributed by atoms with Crippen LogP contribution in [0.5, 0.6) is 0 Å². The van der Waals surface area contributed by atoms with E-state index in [4.69, 9.17) is 4.42 Å². The van der Waals surface area contributed by atoms with E-state index < -0.39 is 6.10 Å². The maximum atomic E-state index is 12.7. The Morgan fingerprint density at radius 1 is 1.24 bits per heavy atom. The number of aliphatic hydroxyl groups is 1. The molecule has 17 heavy (non-hydrogen) atoms. The SMILES string of the molecule is OC(CNCc1ccoc1)c1ccc(F)cc1. The highest BCUT2D eigenvalue weighted by Gasteiger charge is 2.06. The van der Waals surface area contributed by atoms with Gasteiger partial charge in [0.1, 0.15) is 5.82 Å². The van der Waals surface area contributed by atoms with E-state index in [2.05, 4.69) is 5.32 Å². The van der Waals surface area contributed by atoms with Gasteiger partial charge in [-0.2, -0.15) is 0 Å². The number of hydrogen-bond donors (Lipinski definition) is 2. The topological polar surface area (TPSA) is 45.4 Å². The number of benzene rings is 1. The predicted molar refractivity (Wildman–Crippen MR) is 61.8 cm³/mol. The molecule has 4 heteroatoms. The molecule has 0 saturated heterocycles. The van der Waals surface area contributed by atoms with E-state index in [0.29, 0.717) is 18.7 Å². The summed E-state index contributed by atoms with van der Waals surface area (Å²) in [5, 5.41) is 12.9. The highest BCUT2D eigenvalue weighted by molar-refractivity contribution is 5.18. The highest BCUT2D eigenvalue weighted by atomic mass is 19.1. The second-order valence-electron chi connectivity index (χ2n) is 3.83. The van der Waals surface area contributed by atoms with E-state index in [-0.39, 0.29) is 5.82 Å². The molecule has 1 aromatic heterocycles. The third-order valence-corrected chi connectivity index (χ3v) is 2.50. The monoisotopic (exact) mass is 235 g/mol. The van der Waals surface area contributed by atoms with Crippen molar-refractivity contribution >= 4 is 0 Å². The molecule has 1 heterocycles. The van der Waals surface area contributed by atoms with Gasteiger partial charge in [0.05, 0.1) is 18.6 Å². The fourth-order valence-electron chi connectivity index (χ4n) is 1.55. The average Bonchev–Trinajstić information content (AvgIpc) is 2.83. The normalized spacial score (nSPS) is 12.6. The second-order valence-corrected chi connectivity index (χ2v) is 3.83. The van der Waals surface area contributed by atoms with E-state index in [1.54, 1.807) is 24.7 Å². The van der Waals surface area contributed by atoms with Crippen molar-refractivity contribution in [2.24, 2.45) is 0 Å². The van der Waals surface area contributed by atoms with Crippen molar-refractivity contribution in [3.63, 3.8) is 0 Å². The number of nitrogens with one attached hydrogen (secondary N) is 1. The molecule has 0 aliphatic rings. The molecule has 0 amide bonds. The zero-order chi connectivity index (χ0) is 12.1. The quantitative estimate of drug-likeness (QED) is 0.835. The standard InChI is InChI=1S/C13H14FNO2/c14-12-3-1-11(2-4-12)13(16)8-15-7-10-5-6-17-9-10/h1-6,9,13,15-16H,7-8H2. The number of furan rings is 1. The maximum Gasteiger partial charge on any atom is 0.123 e. The molecule has 0 bridgehead atoms. The lowest BCUT2D eigenvalue weighted by molar-refractivity contribution is 0.174. The minimum absolute atomic E-state index is 0.299. The van der Waals surface area contributed by atoms with Crippen molar-refractivity contribution in [3.8, 4) is 0 Å². The van der Waals surface area contributed by atoms with Gasteiger partial charge in [0.2, 0.25) is 0 Å². The molecule has 90 valence electrons. The van der Waals surface area contributed by atoms with Crippen LogP contribution in [0, 0.1) is 5.82 Å². The lowest BCUT2D eigenvalue weighted by Crippen LogP contribution is -2.20. The molecule has 2 rings (SSSR count). The lowest BCUT2D eigenvalue weighted by atomic mass is 10.1. The molecule has 2 aromatic rings. The largest absolute Gasteiger partial charge is 0.472 e. The molecule has 0 aliphatic carbocycles. The molecule has 0 saturated carbocycles. The van der Waals surface area contributed by atoms with Gasteiger partial charge in [0.15, 0.2) is 0 Å². The molecule has 1 unspecified atom stereocenters. The van der Waals surface area contributed by atoms with Crippen LogP contribution in [0.25, 0.3) is 0 Å². The Morgan fingerprint density at radius 3 is 2.65 bits per heavy atom. The lowest BCUT2D eigenvalue weighted by Gasteiger charge is -2.11. The van der Waals surface area contributed by atoms with Crippen molar-refractivity contribution in [2.75, 3.05) is 6.54 Å². The summed E-state index contributed by atoms with van der Waals surface area (Å²) in [5.74, 6) is -0.299. The number of rotatable bonds is 5. The molecule has 2 N–H and O–H groups in total. The van der Waals surface area contributed by atoms with Crippen molar-refractivity contribution in [1.29, 1.82) is 0 Å². The Hall–Kier alpha value is -1.65. The Labute approximate surface area is 98.9 Å². The van der Waals surface area contributed by atoms with E-state index in [1.807, 2.05) is 6.07 Å². The van der Waals surface area contributed by atoms with Crippen LogP contribution in [-0.2, 0) is 6.54 Å². The molecule has 0 aliphatic heterocycles. The summed E-state index contributed by atoms with van der Waals surface area (Å²) in [7, 11) is 0. The second kappa shape index (κ2) is 5.61. The minimum Gasteiger partial charge on any atom is -0.472 e. The third kappa shape index (κ3) is 3.41. The zero-order valence-corrected chi connectivity index (χ0v) is 9.27. The van der Waals surface area contributed by atoms with Gasteiger partial charge < -0.3 is 14.8 Å². The van der Waals surface area contributed by atoms with Crippen LogP contribution in [0.4, 0.5) is 4.39 Å². The van der Waals surface area contributed by atoms with Gasteiger partial charge >= 0.3 is 0 Å². The fourth-order valence-corrected chi connectivity index (χ4v) is 1.55. The average molecular weight is 235 g/mol. The van der Waals surface area contributed by atoms with E-state index >= 15 is 0 Å². The summed E-state index contributed by atoms with van der Waals surface area (Å²) < 4.78 is 17.6. The molecule has 0 fully saturated rings. The molecule has 0 spiro atoms. The smallest absolute Gasteiger partial charge is 0.123 e. The summed E-state index contributed by atoms with van der Waals surface area (Å²) in [6.45, 7) is 1.05. The Balaban J connectivity index is 1.81. The Kier molecular flexibility index (Phi) is 3.90. The molecular formula is C13H14FNO2. The van der Waals surface area contributed by atoms with Gasteiger partial charge in [-0.1, -0.05) is 12.1 Å². The summed E-state index contributed by atoms with van der Waals surface area (Å²) in [4.78, 5) is 0. The summed E-state index contributed by atoms with van der Waals surface area (Å²) in [6.07, 6.45) is 2.62. The molecular weight excluding hydrogens is 221 g/mol. The van der Waals surface area contributed by atoms with Gasteiger partial charge in [-0.3, -0.25) is 0 Å². The van der Waals surface area contributed by atoms with Crippen molar-refractivity contribution < 1.29 is 13.9 Å². The van der Waals surface area contributed by atoms with E-state index in [0.717, 1.165) is 5.56 Å². The first-order chi connectivity index (χ1) is 8.25. The van der Waals surface area contributed by atoms with E-state index in [1.165, 1.54) is 12.1 Å². The summed E-state index contributed by atoms with van der Waals surface area (Å²) >= 11 is 0. The van der Waals surface area contributed by atoms with E-state index in [9.17, 15) is 9.50 Å². The molecule has 0 radical (unpaired) electrons. The first-order valence-electron chi connectivity index (χ1n) is 5.41. The molecule has 1 atom stereocenters. The number of hydrogen-bond acceptors (Lipinski definition) is 3. The zero-order valence-electron chi connectivity index (χ0n) is 9.27. The van der Waals surface area contributed by atoms with Gasteiger partial charge in [-0.15, -0.1) is 0 Å². The third-order valence-electron chi connectivity index (χ3n) is 2.50. The molecule has 1 aromatic carbocycles. The first kappa shape index (κ1) is 11.8. The van der Waals surface area contributed by atoms with Crippen LogP contribution >= 0.6 is 0 Å². The van der Waals surface area contributed by atoms with Gasteiger partial charge in [0.25, 0.3) is 0 Å². The minimum atomic E-state index is -0.637. The van der Waals surface area contributed by atoms with Crippen LogP contribution in [0.15, 0.2) is 47.3 Å². The van der Waals surface area contributed by atoms with Crippen LogP contribution < -0.4 is 5.32 Å². The van der Waals surface area contributed by atoms with Crippen LogP contribution in [-0.4, -0.2) is 11.7 Å². The van der Waals surface area contributed by atoms with Crippen LogP contribution in [0.2, 0.25) is 0 Å². The van der Waals surface area contributed by atoms with Crippen molar-refractivity contribution in [2.45, 2.75) is 12.6 Å². The fraction of sp³-hybridized carbons (Fsp3) is 0.231. The molecule has 3 nitrogen and oxygen atoms in total. The van der Waals surface area contributed by atoms with Gasteiger partial charge in [-0.25, -0.2) is 4.39 Å². The van der Waals surface area contributed by atoms with Crippen molar-refractivity contribution in [1.82, 2.24) is 5.32 Å². The van der Waals surface area contributed by atoms with Gasteiger partial charge in [-0.05, 0) is 23.8 Å².